The van der Waals surface area contributed by atoms with E-state index >= 15 is 0 Å². The number of amides is 1. The zero-order valence-corrected chi connectivity index (χ0v) is 11.2. The fourth-order valence-corrected chi connectivity index (χ4v) is 2.16. The number of likely N-dealkylation sites (N-methyl/N-ethyl adjacent to an activating group) is 1. The first kappa shape index (κ1) is 14.4. The quantitative estimate of drug-likeness (QED) is 0.636. The Kier molecular flexibility index (Phi) is 6.47. The number of nitrogens with zero attached hydrogens (tertiary/aromatic N) is 1. The van der Waals surface area contributed by atoms with Gasteiger partial charge in [-0.05, 0) is 33.4 Å². The molecule has 0 aromatic carbocycles. The smallest absolute Gasteiger partial charge is 0.236 e. The lowest BCUT2D eigenvalue weighted by Crippen LogP contribution is -2.52. The Labute approximate surface area is 104 Å². The summed E-state index contributed by atoms with van der Waals surface area (Å²) in [6.07, 6.45) is 2.35. The van der Waals surface area contributed by atoms with Gasteiger partial charge in [0.15, 0.2) is 0 Å². The third-order valence-corrected chi connectivity index (χ3v) is 3.11. The minimum Gasteiger partial charge on any atom is -0.383 e. The van der Waals surface area contributed by atoms with Crippen LogP contribution >= 0.6 is 0 Å². The second-order valence-electron chi connectivity index (χ2n) is 4.77. The fourth-order valence-electron chi connectivity index (χ4n) is 2.16. The molecule has 0 aromatic heterocycles. The minimum atomic E-state index is -0.136. The van der Waals surface area contributed by atoms with Crippen LogP contribution in [0.2, 0.25) is 0 Å². The van der Waals surface area contributed by atoms with Gasteiger partial charge in [-0.25, -0.2) is 0 Å². The highest BCUT2D eigenvalue weighted by molar-refractivity contribution is 5.81. The third kappa shape index (κ3) is 5.48. The molecular weight excluding hydrogens is 218 g/mol. The van der Waals surface area contributed by atoms with Gasteiger partial charge in [-0.2, -0.15) is 0 Å². The van der Waals surface area contributed by atoms with Crippen LogP contribution < -0.4 is 10.6 Å². The van der Waals surface area contributed by atoms with Gasteiger partial charge in [-0.3, -0.25) is 4.79 Å². The first-order chi connectivity index (χ1) is 8.13. The van der Waals surface area contributed by atoms with E-state index in [1.54, 1.807) is 7.11 Å². The molecule has 5 heteroatoms. The monoisotopic (exact) mass is 243 g/mol. The van der Waals surface area contributed by atoms with Crippen LogP contribution in [-0.4, -0.2) is 63.3 Å². The van der Waals surface area contributed by atoms with Crippen LogP contribution in [0.1, 0.15) is 19.8 Å². The van der Waals surface area contributed by atoms with E-state index in [2.05, 4.69) is 22.6 Å². The van der Waals surface area contributed by atoms with Crippen molar-refractivity contribution in [2.24, 2.45) is 0 Å². The molecule has 1 amide bonds. The number of rotatable bonds is 6. The summed E-state index contributed by atoms with van der Waals surface area (Å²) >= 11 is 0. The van der Waals surface area contributed by atoms with Crippen LogP contribution in [0, 0.1) is 0 Å². The van der Waals surface area contributed by atoms with Gasteiger partial charge in [0.1, 0.15) is 0 Å². The average Bonchev–Trinajstić information content (AvgIpc) is 2.29. The molecule has 0 bridgehead atoms. The first-order valence-corrected chi connectivity index (χ1v) is 6.34. The van der Waals surface area contributed by atoms with Crippen molar-refractivity contribution in [1.29, 1.82) is 0 Å². The Morgan fingerprint density at radius 2 is 2.35 bits per heavy atom. The molecular formula is C12H25N3O2. The lowest BCUT2D eigenvalue weighted by Gasteiger charge is -2.32. The zero-order chi connectivity index (χ0) is 12.7. The fraction of sp³-hybridized carbons (Fsp3) is 0.917. The average molecular weight is 243 g/mol. The molecule has 1 aliphatic heterocycles. The molecule has 0 radical (unpaired) electrons. The van der Waals surface area contributed by atoms with Gasteiger partial charge < -0.3 is 20.3 Å². The molecule has 1 rings (SSSR count). The molecule has 100 valence electrons. The van der Waals surface area contributed by atoms with E-state index in [0.29, 0.717) is 19.2 Å². The Morgan fingerprint density at radius 3 is 3.00 bits per heavy atom. The van der Waals surface area contributed by atoms with Crippen molar-refractivity contribution in [2.75, 3.05) is 40.4 Å². The number of ether oxygens (including phenoxy) is 1. The van der Waals surface area contributed by atoms with Crippen LogP contribution in [0.5, 0.6) is 0 Å². The summed E-state index contributed by atoms with van der Waals surface area (Å²) in [6.45, 7) is 5.23. The van der Waals surface area contributed by atoms with Crippen molar-refractivity contribution >= 4 is 5.91 Å². The standard InChI is InChI=1S/C12H25N3O2/c1-10(12(16)13-6-8-17-3)14-11-5-4-7-15(2)9-11/h10-11,14H,4-9H2,1-3H3,(H,13,16). The van der Waals surface area contributed by atoms with Gasteiger partial charge in [0.25, 0.3) is 0 Å². The van der Waals surface area contributed by atoms with E-state index in [-0.39, 0.29) is 11.9 Å². The molecule has 5 nitrogen and oxygen atoms in total. The number of methoxy groups -OCH3 is 1. The molecule has 2 unspecified atom stereocenters. The normalized spacial score (nSPS) is 23.4. The number of nitrogens with one attached hydrogen (secondary N) is 2. The number of piperidine rings is 1. The van der Waals surface area contributed by atoms with Gasteiger partial charge >= 0.3 is 0 Å². The molecule has 0 saturated carbocycles. The molecule has 2 N–H and O–H groups in total. The molecule has 0 aromatic rings. The molecule has 1 saturated heterocycles. The van der Waals surface area contributed by atoms with Crippen molar-refractivity contribution in [2.45, 2.75) is 31.8 Å². The summed E-state index contributed by atoms with van der Waals surface area (Å²) in [6, 6.07) is 0.292. The Bertz CT molecular complexity index is 236. The molecule has 17 heavy (non-hydrogen) atoms. The van der Waals surface area contributed by atoms with Gasteiger partial charge in [-0.15, -0.1) is 0 Å². The third-order valence-electron chi connectivity index (χ3n) is 3.11. The highest BCUT2D eigenvalue weighted by Crippen LogP contribution is 2.08. The van der Waals surface area contributed by atoms with Crippen molar-refractivity contribution in [1.82, 2.24) is 15.5 Å². The number of likely N-dealkylation sites (tertiary alicyclic amines) is 1. The maximum Gasteiger partial charge on any atom is 0.236 e. The van der Waals surface area contributed by atoms with E-state index in [9.17, 15) is 4.79 Å². The van der Waals surface area contributed by atoms with Crippen LogP contribution in [-0.2, 0) is 9.53 Å². The number of hydrogen-bond donors (Lipinski definition) is 2. The van der Waals surface area contributed by atoms with Crippen molar-refractivity contribution in [3.05, 3.63) is 0 Å². The summed E-state index contributed by atoms with van der Waals surface area (Å²) < 4.78 is 4.89. The molecule has 1 heterocycles. The Hall–Kier alpha value is -0.650. The summed E-state index contributed by atoms with van der Waals surface area (Å²) in [7, 11) is 3.75. The van der Waals surface area contributed by atoms with Crippen molar-refractivity contribution < 1.29 is 9.53 Å². The van der Waals surface area contributed by atoms with Gasteiger partial charge in [0.05, 0.1) is 12.6 Å². The van der Waals surface area contributed by atoms with Crippen LogP contribution in [0.25, 0.3) is 0 Å². The van der Waals surface area contributed by atoms with Crippen LogP contribution in [0.15, 0.2) is 0 Å². The lowest BCUT2D eigenvalue weighted by molar-refractivity contribution is -0.123. The second kappa shape index (κ2) is 7.63. The van der Waals surface area contributed by atoms with E-state index in [1.165, 1.54) is 6.42 Å². The SMILES string of the molecule is COCCNC(=O)C(C)NC1CCCN(C)C1. The van der Waals surface area contributed by atoms with E-state index in [0.717, 1.165) is 19.5 Å². The van der Waals surface area contributed by atoms with Crippen molar-refractivity contribution in [3.63, 3.8) is 0 Å². The molecule has 2 atom stereocenters. The second-order valence-corrected chi connectivity index (χ2v) is 4.77. The topological polar surface area (TPSA) is 53.6 Å². The summed E-state index contributed by atoms with van der Waals surface area (Å²) in [5.74, 6) is 0.0512. The Morgan fingerprint density at radius 1 is 1.59 bits per heavy atom. The maximum atomic E-state index is 11.7. The van der Waals surface area contributed by atoms with Crippen LogP contribution in [0.3, 0.4) is 0 Å². The summed E-state index contributed by atoms with van der Waals surface area (Å²) in [4.78, 5) is 14.0. The highest BCUT2D eigenvalue weighted by Gasteiger charge is 2.21. The van der Waals surface area contributed by atoms with Gasteiger partial charge in [0.2, 0.25) is 5.91 Å². The van der Waals surface area contributed by atoms with Gasteiger partial charge in [-0.1, -0.05) is 0 Å². The molecule has 1 aliphatic rings. The summed E-state index contributed by atoms with van der Waals surface area (Å²) in [5.41, 5.74) is 0. The maximum absolute atomic E-state index is 11.7. The van der Waals surface area contributed by atoms with Gasteiger partial charge in [0, 0.05) is 26.2 Å². The number of carbonyl (C=O) groups excluding carboxylic acids is 1. The highest BCUT2D eigenvalue weighted by atomic mass is 16.5. The largest absolute Gasteiger partial charge is 0.383 e. The lowest BCUT2D eigenvalue weighted by atomic mass is 10.1. The molecule has 0 aliphatic carbocycles. The first-order valence-electron chi connectivity index (χ1n) is 6.34. The Balaban J connectivity index is 2.22. The predicted molar refractivity (Wildman–Crippen MR) is 68.0 cm³/mol. The minimum absolute atomic E-state index is 0.0512. The number of hydrogen-bond acceptors (Lipinski definition) is 4. The van der Waals surface area contributed by atoms with E-state index in [1.807, 2.05) is 6.92 Å². The summed E-state index contributed by atoms with van der Waals surface area (Å²) in [5, 5.41) is 6.23. The van der Waals surface area contributed by atoms with E-state index < -0.39 is 0 Å². The van der Waals surface area contributed by atoms with E-state index in [4.69, 9.17) is 4.74 Å². The van der Waals surface area contributed by atoms with Crippen molar-refractivity contribution in [3.8, 4) is 0 Å². The van der Waals surface area contributed by atoms with Crippen LogP contribution in [0.4, 0.5) is 0 Å². The predicted octanol–water partition coefficient (Wildman–Crippen LogP) is -0.179. The zero-order valence-electron chi connectivity index (χ0n) is 11.2. The molecule has 1 fully saturated rings. The molecule has 0 spiro atoms. The number of carbonyl (C=O) groups is 1.